The van der Waals surface area contributed by atoms with Crippen molar-refractivity contribution in [1.29, 1.82) is 0 Å². The second kappa shape index (κ2) is 9.91. The van der Waals surface area contributed by atoms with E-state index < -0.39 is 5.97 Å². The Morgan fingerprint density at radius 2 is 1.90 bits per heavy atom. The van der Waals surface area contributed by atoms with E-state index in [1.54, 1.807) is 11.8 Å². The number of nitrogens with one attached hydrogen (secondary N) is 2. The van der Waals surface area contributed by atoms with E-state index in [0.29, 0.717) is 19.4 Å². The molecule has 0 aliphatic heterocycles. The van der Waals surface area contributed by atoms with Gasteiger partial charge in [0.1, 0.15) is 0 Å². The van der Waals surface area contributed by atoms with Gasteiger partial charge in [-0.2, -0.15) is 11.8 Å². The highest BCUT2D eigenvalue weighted by Crippen LogP contribution is 2.29. The second-order valence-electron chi connectivity index (χ2n) is 5.11. The molecule has 0 saturated heterocycles. The van der Waals surface area contributed by atoms with Crippen molar-refractivity contribution in [2.45, 2.75) is 63.7 Å². The molecule has 0 rings (SSSR count). The smallest absolute Gasteiger partial charge is 0.315 e. The largest absolute Gasteiger partial charge is 0.481 e. The number of carboxylic acids is 1. The average molecular weight is 304 g/mol. The lowest BCUT2D eigenvalue weighted by molar-refractivity contribution is -0.137. The van der Waals surface area contributed by atoms with Crippen molar-refractivity contribution in [2.24, 2.45) is 0 Å². The Kier molecular flexibility index (Phi) is 9.46. The van der Waals surface area contributed by atoms with Crippen LogP contribution in [-0.4, -0.2) is 40.7 Å². The van der Waals surface area contributed by atoms with Gasteiger partial charge in [-0.1, -0.05) is 13.8 Å². The quantitative estimate of drug-likeness (QED) is 0.580. The number of hydrogen-bond donors (Lipinski definition) is 3. The van der Waals surface area contributed by atoms with Crippen LogP contribution in [0.4, 0.5) is 4.79 Å². The first-order valence-corrected chi connectivity index (χ1v) is 8.43. The van der Waals surface area contributed by atoms with Crippen molar-refractivity contribution in [3.05, 3.63) is 0 Å². The first-order chi connectivity index (χ1) is 9.39. The molecular weight excluding hydrogens is 276 g/mol. The zero-order valence-corrected chi connectivity index (χ0v) is 13.8. The lowest BCUT2D eigenvalue weighted by Gasteiger charge is -2.30. The molecule has 0 heterocycles. The summed E-state index contributed by atoms with van der Waals surface area (Å²) < 4.78 is 0.101. The highest BCUT2D eigenvalue weighted by Gasteiger charge is 2.25. The maximum atomic E-state index is 11.8. The van der Waals surface area contributed by atoms with Crippen molar-refractivity contribution < 1.29 is 14.7 Å². The van der Waals surface area contributed by atoms with Crippen LogP contribution in [0.25, 0.3) is 0 Å². The van der Waals surface area contributed by atoms with E-state index in [-0.39, 0.29) is 23.2 Å². The highest BCUT2D eigenvalue weighted by atomic mass is 32.2. The fourth-order valence-electron chi connectivity index (χ4n) is 2.01. The fraction of sp³-hybridized carbons (Fsp3) is 0.857. The van der Waals surface area contributed by atoms with Gasteiger partial charge in [-0.15, -0.1) is 0 Å². The van der Waals surface area contributed by atoms with Gasteiger partial charge < -0.3 is 15.7 Å². The van der Waals surface area contributed by atoms with Crippen LogP contribution in [-0.2, 0) is 4.79 Å². The van der Waals surface area contributed by atoms with E-state index >= 15 is 0 Å². The predicted molar refractivity (Wildman–Crippen MR) is 84.3 cm³/mol. The molecule has 0 radical (unpaired) electrons. The van der Waals surface area contributed by atoms with Crippen molar-refractivity contribution in [2.75, 3.05) is 12.8 Å². The summed E-state index contributed by atoms with van der Waals surface area (Å²) in [5, 5.41) is 14.3. The van der Waals surface area contributed by atoms with Gasteiger partial charge in [0.05, 0.1) is 0 Å². The highest BCUT2D eigenvalue weighted by molar-refractivity contribution is 8.00. The van der Waals surface area contributed by atoms with E-state index in [0.717, 1.165) is 12.8 Å². The minimum absolute atomic E-state index is 0.0127. The minimum Gasteiger partial charge on any atom is -0.481 e. The molecular formula is C14H28N2O3S. The number of urea groups is 1. The normalized spacial score (nSPS) is 12.8. The Balaban J connectivity index is 4.00. The summed E-state index contributed by atoms with van der Waals surface area (Å²) in [5.41, 5.74) is 0. The monoisotopic (exact) mass is 304 g/mol. The third kappa shape index (κ3) is 7.62. The molecule has 5 nitrogen and oxygen atoms in total. The van der Waals surface area contributed by atoms with Crippen molar-refractivity contribution in [3.8, 4) is 0 Å². The van der Waals surface area contributed by atoms with Crippen LogP contribution in [0, 0.1) is 0 Å². The lowest BCUT2D eigenvalue weighted by Crippen LogP contribution is -2.46. The number of amides is 2. The SMILES string of the molecule is CCC(CC)(CNC(=O)NC(C)CCCC(=O)O)SC. The standard InChI is InChI=1S/C14H28N2O3S/c1-5-14(6-2,20-4)10-15-13(19)16-11(3)8-7-9-12(17)18/h11H,5-10H2,1-4H3,(H,17,18)(H2,15,16,19). The maximum Gasteiger partial charge on any atom is 0.315 e. The van der Waals surface area contributed by atoms with Crippen LogP contribution in [0.1, 0.15) is 52.9 Å². The molecule has 3 N–H and O–H groups in total. The number of carboxylic acid groups (broad SMARTS) is 1. The van der Waals surface area contributed by atoms with E-state index in [1.807, 2.05) is 6.92 Å². The molecule has 1 atom stereocenters. The molecule has 118 valence electrons. The summed E-state index contributed by atoms with van der Waals surface area (Å²) in [7, 11) is 0. The summed E-state index contributed by atoms with van der Waals surface area (Å²) in [5.74, 6) is -0.794. The van der Waals surface area contributed by atoms with E-state index in [1.165, 1.54) is 0 Å². The Bertz CT molecular complexity index is 299. The van der Waals surface area contributed by atoms with Crippen LogP contribution >= 0.6 is 11.8 Å². The number of rotatable bonds is 10. The molecule has 0 aromatic rings. The molecule has 0 saturated carbocycles. The van der Waals surface area contributed by atoms with Gasteiger partial charge in [0.15, 0.2) is 0 Å². The third-order valence-electron chi connectivity index (χ3n) is 3.70. The van der Waals surface area contributed by atoms with E-state index in [2.05, 4.69) is 30.7 Å². The molecule has 6 heteroatoms. The van der Waals surface area contributed by atoms with Crippen LogP contribution in [0.15, 0.2) is 0 Å². The first-order valence-electron chi connectivity index (χ1n) is 7.20. The van der Waals surface area contributed by atoms with Gasteiger partial charge in [0.25, 0.3) is 0 Å². The zero-order valence-electron chi connectivity index (χ0n) is 13.0. The lowest BCUT2D eigenvalue weighted by atomic mass is 10.0. The van der Waals surface area contributed by atoms with Gasteiger partial charge in [-0.05, 0) is 38.9 Å². The van der Waals surface area contributed by atoms with Gasteiger partial charge in [-0.25, -0.2) is 4.79 Å². The van der Waals surface area contributed by atoms with Crippen molar-refractivity contribution >= 4 is 23.8 Å². The molecule has 0 aliphatic carbocycles. The van der Waals surface area contributed by atoms with Gasteiger partial charge in [0.2, 0.25) is 0 Å². The molecule has 0 aromatic carbocycles. The summed E-state index contributed by atoms with van der Waals surface area (Å²) in [4.78, 5) is 22.2. The molecule has 0 aromatic heterocycles. The van der Waals surface area contributed by atoms with Crippen molar-refractivity contribution in [1.82, 2.24) is 10.6 Å². The second-order valence-corrected chi connectivity index (χ2v) is 6.38. The summed E-state index contributed by atoms with van der Waals surface area (Å²) >= 11 is 1.79. The molecule has 1 unspecified atom stereocenters. The number of carbonyl (C=O) groups is 2. The molecule has 0 spiro atoms. The predicted octanol–water partition coefficient (Wildman–Crippen LogP) is 2.85. The van der Waals surface area contributed by atoms with Crippen LogP contribution in [0.5, 0.6) is 0 Å². The summed E-state index contributed by atoms with van der Waals surface area (Å²) in [6.07, 6.45) is 5.50. The molecule has 0 bridgehead atoms. The fourth-order valence-corrected chi connectivity index (χ4v) is 2.80. The van der Waals surface area contributed by atoms with Crippen LogP contribution in [0.2, 0.25) is 0 Å². The average Bonchev–Trinajstić information content (AvgIpc) is 2.40. The van der Waals surface area contributed by atoms with Gasteiger partial charge >= 0.3 is 12.0 Å². The Hall–Kier alpha value is -0.910. The molecule has 20 heavy (non-hydrogen) atoms. The van der Waals surface area contributed by atoms with Crippen molar-refractivity contribution in [3.63, 3.8) is 0 Å². The summed E-state index contributed by atoms with van der Waals surface area (Å²) in [6.45, 7) is 6.81. The minimum atomic E-state index is -0.794. The van der Waals surface area contributed by atoms with Crippen LogP contribution < -0.4 is 10.6 Å². The number of thioether (sulfide) groups is 1. The Labute approximate surface area is 126 Å². The third-order valence-corrected chi connectivity index (χ3v) is 5.29. The van der Waals surface area contributed by atoms with Gasteiger partial charge in [-0.3, -0.25) is 4.79 Å². The Morgan fingerprint density at radius 3 is 2.35 bits per heavy atom. The molecule has 0 fully saturated rings. The number of aliphatic carboxylic acids is 1. The van der Waals surface area contributed by atoms with Gasteiger partial charge in [0, 0.05) is 23.8 Å². The topological polar surface area (TPSA) is 78.4 Å². The molecule has 0 aliphatic rings. The zero-order chi connectivity index (χ0) is 15.6. The van der Waals surface area contributed by atoms with E-state index in [9.17, 15) is 9.59 Å². The number of carbonyl (C=O) groups excluding carboxylic acids is 1. The molecule has 2 amide bonds. The Morgan fingerprint density at radius 1 is 1.30 bits per heavy atom. The van der Waals surface area contributed by atoms with E-state index in [4.69, 9.17) is 5.11 Å². The summed E-state index contributed by atoms with van der Waals surface area (Å²) in [6, 6.07) is -0.186. The van der Waals surface area contributed by atoms with Crippen LogP contribution in [0.3, 0.4) is 0 Å². The number of hydrogen-bond acceptors (Lipinski definition) is 3. The maximum absolute atomic E-state index is 11.8. The first kappa shape index (κ1) is 19.1.